The maximum atomic E-state index is 14.8. The van der Waals surface area contributed by atoms with E-state index in [0.29, 0.717) is 23.2 Å². The number of hydrogen-bond acceptors (Lipinski definition) is 8. The van der Waals surface area contributed by atoms with Crippen LogP contribution in [0.15, 0.2) is 53.2 Å². The van der Waals surface area contributed by atoms with E-state index in [0.717, 1.165) is 30.3 Å². The van der Waals surface area contributed by atoms with Gasteiger partial charge in [-0.15, -0.1) is 0 Å². The molecule has 0 atom stereocenters. The molecule has 8 nitrogen and oxygen atoms in total. The molecule has 0 fully saturated rings. The third-order valence-corrected chi connectivity index (χ3v) is 7.79. The third kappa shape index (κ3) is 4.86. The highest BCUT2D eigenvalue weighted by molar-refractivity contribution is 7.98. The largest absolute Gasteiger partial charge is 0.324 e. The Labute approximate surface area is 219 Å². The summed E-state index contributed by atoms with van der Waals surface area (Å²) in [5.41, 5.74) is 6.65. The first kappa shape index (κ1) is 24.1. The van der Waals surface area contributed by atoms with Crippen LogP contribution in [0, 0.1) is 5.82 Å². The van der Waals surface area contributed by atoms with Gasteiger partial charge in [0.1, 0.15) is 5.82 Å². The number of nitrogens with zero attached hydrogens (tertiary/aromatic N) is 6. The first-order valence-electron chi connectivity index (χ1n) is 11.8. The molecule has 5 heterocycles. The maximum absolute atomic E-state index is 14.8. The van der Waals surface area contributed by atoms with Crippen LogP contribution in [0.1, 0.15) is 16.7 Å². The molecule has 3 aromatic heterocycles. The van der Waals surface area contributed by atoms with Crippen LogP contribution >= 0.6 is 11.8 Å². The van der Waals surface area contributed by atoms with Gasteiger partial charge in [0.2, 0.25) is 5.95 Å². The van der Waals surface area contributed by atoms with E-state index in [4.69, 9.17) is 0 Å². The topological polar surface area (TPSA) is 88.3 Å². The second-order valence-electron chi connectivity index (χ2n) is 9.62. The van der Waals surface area contributed by atoms with E-state index in [2.05, 4.69) is 54.8 Å². The highest BCUT2D eigenvalue weighted by atomic mass is 32.2. The van der Waals surface area contributed by atoms with Crippen molar-refractivity contribution in [2.45, 2.75) is 12.3 Å². The van der Waals surface area contributed by atoms with E-state index in [1.165, 1.54) is 34.7 Å². The Morgan fingerprint density at radius 1 is 1.16 bits per heavy atom. The molecule has 0 bridgehead atoms. The minimum atomic E-state index is -2.39. The Morgan fingerprint density at radius 3 is 2.84 bits per heavy atom. The van der Waals surface area contributed by atoms with E-state index >= 15 is 0 Å². The van der Waals surface area contributed by atoms with Gasteiger partial charge < -0.3 is 5.32 Å². The van der Waals surface area contributed by atoms with Crippen molar-refractivity contribution in [2.24, 2.45) is 4.36 Å². The number of thioether (sulfide) groups is 1. The van der Waals surface area contributed by atoms with Crippen molar-refractivity contribution in [1.29, 1.82) is 0 Å². The summed E-state index contributed by atoms with van der Waals surface area (Å²) >= 11 is 1.91. The molecule has 1 N–H and O–H groups in total. The lowest BCUT2D eigenvalue weighted by atomic mass is 9.90. The summed E-state index contributed by atoms with van der Waals surface area (Å²) in [5.74, 6) is 2.62. The van der Waals surface area contributed by atoms with Crippen LogP contribution in [-0.2, 0) is 22.0 Å². The Kier molecular flexibility index (Phi) is 6.01. The fourth-order valence-corrected chi connectivity index (χ4v) is 6.29. The molecule has 0 saturated heterocycles. The molecule has 2 aliphatic heterocycles. The van der Waals surface area contributed by atoms with E-state index < -0.39 is 15.5 Å². The lowest BCUT2D eigenvalue weighted by Gasteiger charge is -2.29. The van der Waals surface area contributed by atoms with Crippen molar-refractivity contribution in [3.63, 3.8) is 0 Å². The molecular weight excluding hydrogens is 509 g/mol. The van der Waals surface area contributed by atoms with E-state index in [-0.39, 0.29) is 5.39 Å². The number of fused-ring (bicyclic) bond motifs is 1. The maximum Gasteiger partial charge on any atom is 0.229 e. The zero-order valence-corrected chi connectivity index (χ0v) is 22.4. The molecule has 0 unspecified atom stereocenters. The molecule has 11 heteroatoms. The summed E-state index contributed by atoms with van der Waals surface area (Å²) in [5, 5.41) is 3.63. The van der Waals surface area contributed by atoms with Crippen molar-refractivity contribution in [2.75, 3.05) is 37.2 Å². The van der Waals surface area contributed by atoms with Gasteiger partial charge >= 0.3 is 0 Å². The Balaban J connectivity index is 1.39. The SMILES string of the molecule is CN1CC2=CCSCc3cc(Nc4ncc5c(F)cn(-c6cccc(N=S(C)(C)=O)n6)c5n4)cc(c32)C1. The highest BCUT2D eigenvalue weighted by Crippen LogP contribution is 2.37. The standard InChI is InChI=1S/C26H26FN7OS2/c1-33-12-16-7-8-36-15-18-10-19(9-17(13-33)24(16)18)29-26-28-11-20-21(27)14-34(25(20)31-26)23-6-4-5-22(30-23)32-37(2,3)35/h4-7,9-11,14H,8,12-13,15H2,1-3H3,(H,28,29,31). The van der Waals surface area contributed by atoms with Crippen LogP contribution in [0.2, 0.25) is 0 Å². The summed E-state index contributed by atoms with van der Waals surface area (Å²) in [6.45, 7) is 1.84. The van der Waals surface area contributed by atoms with Crippen LogP contribution in [0.4, 0.5) is 21.8 Å². The lowest BCUT2D eigenvalue weighted by Crippen LogP contribution is -2.26. The van der Waals surface area contributed by atoms with E-state index in [9.17, 15) is 8.60 Å². The summed E-state index contributed by atoms with van der Waals surface area (Å²) < 4.78 is 32.7. The third-order valence-electron chi connectivity index (χ3n) is 6.24. The zero-order valence-electron chi connectivity index (χ0n) is 20.7. The minimum absolute atomic E-state index is 0.286. The molecule has 4 aromatic rings. The smallest absolute Gasteiger partial charge is 0.229 e. The van der Waals surface area contributed by atoms with E-state index in [1.54, 1.807) is 35.3 Å². The van der Waals surface area contributed by atoms with Crippen LogP contribution in [0.3, 0.4) is 0 Å². The van der Waals surface area contributed by atoms with Crippen molar-refractivity contribution in [3.05, 3.63) is 71.3 Å². The number of halogens is 1. The summed E-state index contributed by atoms with van der Waals surface area (Å²) in [7, 11) is -0.251. The number of benzene rings is 1. The summed E-state index contributed by atoms with van der Waals surface area (Å²) in [6.07, 6.45) is 8.24. The number of hydrogen-bond donors (Lipinski definition) is 1. The number of nitrogens with one attached hydrogen (secondary N) is 1. The van der Waals surface area contributed by atoms with E-state index in [1.807, 2.05) is 11.8 Å². The Bertz CT molecular complexity index is 1700. The van der Waals surface area contributed by atoms with Crippen molar-refractivity contribution < 1.29 is 8.60 Å². The normalized spacial score (nSPS) is 15.7. The predicted molar refractivity (Wildman–Crippen MR) is 149 cm³/mol. The molecule has 0 aliphatic carbocycles. The predicted octanol–water partition coefficient (Wildman–Crippen LogP) is 5.13. The number of likely N-dealkylation sites (N-methyl/N-ethyl adjacent to an activating group) is 1. The highest BCUT2D eigenvalue weighted by Gasteiger charge is 2.23. The molecule has 0 amide bonds. The van der Waals surface area contributed by atoms with Gasteiger partial charge in [0.15, 0.2) is 17.3 Å². The molecule has 2 aliphatic rings. The van der Waals surface area contributed by atoms with Gasteiger partial charge in [0, 0.05) is 64.9 Å². The molecule has 0 spiro atoms. The second kappa shape index (κ2) is 9.23. The van der Waals surface area contributed by atoms with Gasteiger partial charge in [-0.05, 0) is 53.6 Å². The van der Waals surface area contributed by atoms with Gasteiger partial charge in [-0.2, -0.15) is 21.1 Å². The number of aromatic nitrogens is 4. The van der Waals surface area contributed by atoms with Crippen LogP contribution in [0.5, 0.6) is 0 Å². The van der Waals surface area contributed by atoms with Gasteiger partial charge in [-0.1, -0.05) is 12.1 Å². The second-order valence-corrected chi connectivity index (χ2v) is 13.2. The van der Waals surface area contributed by atoms with Gasteiger partial charge in [-0.3, -0.25) is 9.47 Å². The van der Waals surface area contributed by atoms with Crippen molar-refractivity contribution >= 4 is 55.6 Å². The fourth-order valence-electron chi connectivity index (χ4n) is 4.86. The summed E-state index contributed by atoms with van der Waals surface area (Å²) in [4.78, 5) is 15.8. The molecule has 1 aromatic carbocycles. The Hall–Kier alpha value is -3.28. The first-order chi connectivity index (χ1) is 17.7. The first-order valence-corrected chi connectivity index (χ1v) is 15.3. The molecular formula is C26H26FN7OS2. The minimum Gasteiger partial charge on any atom is -0.324 e. The number of pyridine rings is 1. The van der Waals surface area contributed by atoms with Crippen LogP contribution < -0.4 is 5.32 Å². The average molecular weight is 536 g/mol. The van der Waals surface area contributed by atoms with Crippen LogP contribution in [-0.4, -0.2) is 60.5 Å². The Morgan fingerprint density at radius 2 is 2.00 bits per heavy atom. The van der Waals surface area contributed by atoms with Crippen molar-refractivity contribution in [3.8, 4) is 5.82 Å². The summed E-state index contributed by atoms with van der Waals surface area (Å²) in [6, 6.07) is 9.47. The lowest BCUT2D eigenvalue weighted by molar-refractivity contribution is 0.359. The monoisotopic (exact) mass is 535 g/mol. The number of rotatable bonds is 4. The molecule has 37 heavy (non-hydrogen) atoms. The average Bonchev–Trinajstić information content (AvgIpc) is 3.01. The quantitative estimate of drug-likeness (QED) is 0.387. The zero-order chi connectivity index (χ0) is 25.7. The molecule has 6 rings (SSSR count). The van der Waals surface area contributed by atoms with Gasteiger partial charge in [0.05, 0.1) is 5.39 Å². The molecule has 190 valence electrons. The van der Waals surface area contributed by atoms with Crippen molar-refractivity contribution in [1.82, 2.24) is 24.4 Å². The van der Waals surface area contributed by atoms with Gasteiger partial charge in [-0.25, -0.2) is 18.6 Å². The van der Waals surface area contributed by atoms with Gasteiger partial charge in [0.25, 0.3) is 0 Å². The number of anilines is 2. The molecule has 0 radical (unpaired) electrons. The fraction of sp³-hybridized carbons (Fsp3) is 0.269. The molecule has 0 saturated carbocycles. The van der Waals surface area contributed by atoms with Crippen LogP contribution in [0.25, 0.3) is 22.4 Å².